The van der Waals surface area contributed by atoms with Crippen LogP contribution in [0.15, 0.2) is 77.9 Å². The van der Waals surface area contributed by atoms with Gasteiger partial charge in [0.25, 0.3) is 11.8 Å². The van der Waals surface area contributed by atoms with Gasteiger partial charge in [0.15, 0.2) is 6.61 Å². The Morgan fingerprint density at radius 1 is 1.00 bits per heavy atom. The lowest BCUT2D eigenvalue weighted by molar-refractivity contribution is -0.118. The van der Waals surface area contributed by atoms with Crippen LogP contribution in [-0.4, -0.2) is 24.6 Å². The summed E-state index contributed by atoms with van der Waals surface area (Å²) in [5.41, 5.74) is 5.32. The van der Waals surface area contributed by atoms with Crippen molar-refractivity contribution in [1.82, 2.24) is 5.43 Å². The van der Waals surface area contributed by atoms with Crippen molar-refractivity contribution in [1.29, 1.82) is 0 Å². The molecule has 0 atom stereocenters. The molecule has 0 saturated heterocycles. The van der Waals surface area contributed by atoms with Crippen molar-refractivity contribution in [2.24, 2.45) is 5.10 Å². The van der Waals surface area contributed by atoms with Gasteiger partial charge in [-0.15, -0.1) is 0 Å². The molecule has 0 bridgehead atoms. The van der Waals surface area contributed by atoms with Gasteiger partial charge in [-0.3, -0.25) is 9.59 Å². The molecule has 7 heteroatoms. The Morgan fingerprint density at radius 2 is 1.70 bits per heavy atom. The van der Waals surface area contributed by atoms with Gasteiger partial charge in [0.2, 0.25) is 0 Å². The third-order valence-corrected chi connectivity index (χ3v) is 4.34. The summed E-state index contributed by atoms with van der Waals surface area (Å²) in [5.74, 6) is -0.152. The van der Waals surface area contributed by atoms with Gasteiger partial charge in [0, 0.05) is 21.8 Å². The third kappa shape index (κ3) is 6.18. The Balaban J connectivity index is 1.56. The molecule has 3 aromatic carbocycles. The molecule has 0 fully saturated rings. The van der Waals surface area contributed by atoms with E-state index in [1.54, 1.807) is 54.6 Å². The Morgan fingerprint density at radius 3 is 2.43 bits per heavy atom. The predicted octanol–water partition coefficient (Wildman–Crippen LogP) is 4.43. The van der Waals surface area contributed by atoms with Crippen molar-refractivity contribution in [3.63, 3.8) is 0 Å². The van der Waals surface area contributed by atoms with Crippen molar-refractivity contribution in [3.05, 3.63) is 94.5 Å². The van der Waals surface area contributed by atoms with E-state index in [1.807, 2.05) is 25.1 Å². The number of para-hydroxylation sites is 1. The fourth-order valence-electron chi connectivity index (χ4n) is 2.52. The molecule has 0 unspecified atom stereocenters. The van der Waals surface area contributed by atoms with Crippen molar-refractivity contribution < 1.29 is 14.3 Å². The lowest BCUT2D eigenvalue weighted by atomic mass is 10.1. The number of hydrazone groups is 1. The highest BCUT2D eigenvalue weighted by Gasteiger charge is 2.07. The second-order valence-corrected chi connectivity index (χ2v) is 6.88. The van der Waals surface area contributed by atoms with Gasteiger partial charge in [-0.1, -0.05) is 41.4 Å². The largest absolute Gasteiger partial charge is 0.483 e. The normalized spacial score (nSPS) is 10.6. The molecule has 0 heterocycles. The molecule has 3 rings (SSSR count). The van der Waals surface area contributed by atoms with Crippen LogP contribution in [0.4, 0.5) is 5.69 Å². The summed E-state index contributed by atoms with van der Waals surface area (Å²) >= 11 is 5.83. The van der Waals surface area contributed by atoms with Gasteiger partial charge in [0.05, 0.1) is 6.21 Å². The van der Waals surface area contributed by atoms with Crippen molar-refractivity contribution in [3.8, 4) is 5.75 Å². The number of ether oxygens (including phenoxy) is 1. The minimum Gasteiger partial charge on any atom is -0.483 e. The lowest BCUT2D eigenvalue weighted by Crippen LogP contribution is -2.20. The van der Waals surface area contributed by atoms with E-state index in [9.17, 15) is 9.59 Å². The summed E-state index contributed by atoms with van der Waals surface area (Å²) in [6, 6.07) is 21.1. The molecular weight excluding hydrogens is 402 g/mol. The van der Waals surface area contributed by atoms with Gasteiger partial charge in [0.1, 0.15) is 5.75 Å². The summed E-state index contributed by atoms with van der Waals surface area (Å²) in [6.45, 7) is 1.77. The number of amides is 2. The minimum atomic E-state index is -0.313. The van der Waals surface area contributed by atoms with Crippen molar-refractivity contribution in [2.45, 2.75) is 6.92 Å². The molecule has 152 valence electrons. The van der Waals surface area contributed by atoms with E-state index in [4.69, 9.17) is 16.3 Å². The molecular formula is C23H20ClN3O3. The first-order valence-corrected chi connectivity index (χ1v) is 9.56. The number of anilines is 1. The first kappa shape index (κ1) is 21.1. The Hall–Kier alpha value is -3.64. The Kier molecular flexibility index (Phi) is 7.19. The quantitative estimate of drug-likeness (QED) is 0.437. The Labute approximate surface area is 179 Å². The lowest BCUT2D eigenvalue weighted by Gasteiger charge is -2.09. The number of aryl methyl sites for hydroxylation is 1. The second kappa shape index (κ2) is 10.2. The van der Waals surface area contributed by atoms with Gasteiger partial charge >= 0.3 is 0 Å². The van der Waals surface area contributed by atoms with E-state index in [1.165, 1.54) is 6.21 Å². The molecule has 2 N–H and O–H groups in total. The van der Waals surface area contributed by atoms with Crippen LogP contribution in [0.2, 0.25) is 5.02 Å². The van der Waals surface area contributed by atoms with Crippen LogP contribution in [0.25, 0.3) is 0 Å². The topological polar surface area (TPSA) is 79.8 Å². The number of nitrogens with one attached hydrogen (secondary N) is 2. The molecule has 3 aromatic rings. The van der Waals surface area contributed by atoms with Crippen LogP contribution in [-0.2, 0) is 4.79 Å². The number of hydrogen-bond acceptors (Lipinski definition) is 4. The fraction of sp³-hybridized carbons (Fsp3) is 0.0870. The highest BCUT2D eigenvalue weighted by Crippen LogP contribution is 2.17. The zero-order chi connectivity index (χ0) is 21.3. The fourth-order valence-corrected chi connectivity index (χ4v) is 2.65. The molecule has 2 amide bonds. The monoisotopic (exact) mass is 421 g/mol. The van der Waals surface area contributed by atoms with Crippen molar-refractivity contribution >= 4 is 35.3 Å². The number of carbonyl (C=O) groups is 2. The minimum absolute atomic E-state index is 0.177. The number of halogens is 1. The summed E-state index contributed by atoms with van der Waals surface area (Å²) in [4.78, 5) is 24.2. The van der Waals surface area contributed by atoms with Gasteiger partial charge in [-0.25, -0.2) is 5.43 Å². The van der Waals surface area contributed by atoms with Crippen LogP contribution in [0.3, 0.4) is 0 Å². The van der Waals surface area contributed by atoms with Gasteiger partial charge < -0.3 is 10.1 Å². The van der Waals surface area contributed by atoms with Crippen LogP contribution in [0, 0.1) is 6.92 Å². The van der Waals surface area contributed by atoms with Gasteiger partial charge in [-0.05, 0) is 55.5 Å². The Bertz CT molecular complexity index is 1050. The number of benzene rings is 3. The summed E-state index contributed by atoms with van der Waals surface area (Å²) < 4.78 is 5.61. The van der Waals surface area contributed by atoms with E-state index in [2.05, 4.69) is 15.8 Å². The molecule has 0 radical (unpaired) electrons. The maximum absolute atomic E-state index is 12.1. The maximum atomic E-state index is 12.1. The molecule has 0 aliphatic carbocycles. The second-order valence-electron chi connectivity index (χ2n) is 6.45. The number of hydrogen-bond donors (Lipinski definition) is 2. The average molecular weight is 422 g/mol. The number of carbonyl (C=O) groups excluding carboxylic acids is 2. The molecule has 0 aliphatic rings. The molecule has 0 aromatic heterocycles. The zero-order valence-corrected chi connectivity index (χ0v) is 17.0. The van der Waals surface area contributed by atoms with Gasteiger partial charge in [-0.2, -0.15) is 5.10 Å². The molecule has 30 heavy (non-hydrogen) atoms. The standard InChI is InChI=1S/C23H20ClN3O3/c1-16-6-8-17(9-7-16)23(29)27-25-14-18-4-2-3-5-21(18)30-15-22(28)26-20-12-10-19(24)11-13-20/h2-14H,15H2,1H3,(H,26,28)(H,27,29)/b25-14+. The maximum Gasteiger partial charge on any atom is 0.271 e. The number of rotatable bonds is 7. The third-order valence-electron chi connectivity index (χ3n) is 4.09. The van der Waals surface area contributed by atoms with Crippen molar-refractivity contribution in [2.75, 3.05) is 11.9 Å². The number of nitrogens with zero attached hydrogens (tertiary/aromatic N) is 1. The highest BCUT2D eigenvalue weighted by molar-refractivity contribution is 6.30. The summed E-state index contributed by atoms with van der Waals surface area (Å²) in [7, 11) is 0. The van der Waals surface area contributed by atoms with Crippen LogP contribution < -0.4 is 15.5 Å². The van der Waals surface area contributed by atoms with Crippen LogP contribution >= 0.6 is 11.6 Å². The zero-order valence-electron chi connectivity index (χ0n) is 16.3. The van der Waals surface area contributed by atoms with E-state index in [0.29, 0.717) is 27.6 Å². The summed E-state index contributed by atoms with van der Waals surface area (Å²) in [6.07, 6.45) is 1.47. The van der Waals surface area contributed by atoms with E-state index >= 15 is 0 Å². The predicted molar refractivity (Wildman–Crippen MR) is 118 cm³/mol. The smallest absolute Gasteiger partial charge is 0.271 e. The van der Waals surface area contributed by atoms with Crippen LogP contribution in [0.5, 0.6) is 5.75 Å². The molecule has 6 nitrogen and oxygen atoms in total. The van der Waals surface area contributed by atoms with E-state index in [-0.39, 0.29) is 18.4 Å². The van der Waals surface area contributed by atoms with Crippen LogP contribution in [0.1, 0.15) is 21.5 Å². The molecule has 0 spiro atoms. The van der Waals surface area contributed by atoms with E-state index < -0.39 is 0 Å². The first-order chi connectivity index (χ1) is 14.5. The highest BCUT2D eigenvalue weighted by atomic mass is 35.5. The summed E-state index contributed by atoms with van der Waals surface area (Å²) in [5, 5.41) is 7.30. The van der Waals surface area contributed by atoms with E-state index in [0.717, 1.165) is 5.56 Å². The SMILES string of the molecule is Cc1ccc(C(=O)N/N=C/c2ccccc2OCC(=O)Nc2ccc(Cl)cc2)cc1. The molecule has 0 saturated carbocycles. The first-order valence-electron chi connectivity index (χ1n) is 9.18. The molecule has 0 aliphatic heterocycles. The average Bonchev–Trinajstić information content (AvgIpc) is 2.75.